The highest BCUT2D eigenvalue weighted by Crippen LogP contribution is 2.06. The molecule has 0 saturated carbocycles. The van der Waals surface area contributed by atoms with Crippen molar-refractivity contribution in [1.82, 2.24) is 10.2 Å². The van der Waals surface area contributed by atoms with E-state index in [1.54, 1.807) is 0 Å². The Morgan fingerprint density at radius 2 is 2.46 bits per heavy atom. The summed E-state index contributed by atoms with van der Waals surface area (Å²) in [5.41, 5.74) is 0. The molecule has 0 spiro atoms. The van der Waals surface area contributed by atoms with Crippen molar-refractivity contribution in [3.8, 4) is 0 Å². The Kier molecular flexibility index (Phi) is 3.96. The fourth-order valence-electron chi connectivity index (χ4n) is 1.54. The molecule has 0 radical (unpaired) electrons. The third kappa shape index (κ3) is 3.19. The van der Waals surface area contributed by atoms with Crippen LogP contribution in [-0.2, 0) is 4.79 Å². The topological polar surface area (TPSA) is 32.3 Å². The highest BCUT2D eigenvalue weighted by Gasteiger charge is 2.19. The molecule has 0 aliphatic carbocycles. The molecular weight excluding hydrogens is 164 g/mol. The van der Waals surface area contributed by atoms with E-state index in [-0.39, 0.29) is 5.91 Å². The number of nitrogens with one attached hydrogen (secondary N) is 1. The fraction of sp³-hybridized carbons (Fsp3) is 0.700. The second kappa shape index (κ2) is 5.02. The fourth-order valence-corrected chi connectivity index (χ4v) is 1.54. The lowest BCUT2D eigenvalue weighted by Crippen LogP contribution is -2.34. The van der Waals surface area contributed by atoms with Crippen LogP contribution in [-0.4, -0.2) is 36.5 Å². The third-order valence-electron chi connectivity index (χ3n) is 2.40. The SMILES string of the molecule is C/C=C/CN1CCNC(=O)CC1C. The van der Waals surface area contributed by atoms with Crippen LogP contribution < -0.4 is 5.32 Å². The van der Waals surface area contributed by atoms with Gasteiger partial charge in [-0.2, -0.15) is 0 Å². The highest BCUT2D eigenvalue weighted by atomic mass is 16.1. The Hall–Kier alpha value is -0.830. The van der Waals surface area contributed by atoms with Crippen molar-refractivity contribution >= 4 is 5.91 Å². The first-order valence-corrected chi connectivity index (χ1v) is 4.86. The molecule has 1 saturated heterocycles. The maximum absolute atomic E-state index is 11.2. The van der Waals surface area contributed by atoms with Crippen LogP contribution in [0.1, 0.15) is 20.3 Å². The number of nitrogens with zero attached hydrogens (tertiary/aromatic N) is 1. The van der Waals surface area contributed by atoms with Crippen molar-refractivity contribution in [3.05, 3.63) is 12.2 Å². The first-order chi connectivity index (χ1) is 6.24. The van der Waals surface area contributed by atoms with Gasteiger partial charge in [-0.1, -0.05) is 12.2 Å². The van der Waals surface area contributed by atoms with Gasteiger partial charge in [0.05, 0.1) is 0 Å². The van der Waals surface area contributed by atoms with Gasteiger partial charge < -0.3 is 5.32 Å². The minimum absolute atomic E-state index is 0.176. The van der Waals surface area contributed by atoms with Gasteiger partial charge in [0.15, 0.2) is 0 Å². The smallest absolute Gasteiger partial charge is 0.221 e. The van der Waals surface area contributed by atoms with E-state index in [1.165, 1.54) is 0 Å². The summed E-state index contributed by atoms with van der Waals surface area (Å²) >= 11 is 0. The molecular formula is C10H18N2O. The molecule has 3 nitrogen and oxygen atoms in total. The first kappa shape index (κ1) is 10.3. The summed E-state index contributed by atoms with van der Waals surface area (Å²) in [5.74, 6) is 0.176. The second-order valence-corrected chi connectivity index (χ2v) is 3.47. The van der Waals surface area contributed by atoms with Crippen molar-refractivity contribution in [2.75, 3.05) is 19.6 Å². The van der Waals surface area contributed by atoms with E-state index in [4.69, 9.17) is 0 Å². The molecule has 1 aliphatic heterocycles. The molecule has 13 heavy (non-hydrogen) atoms. The van der Waals surface area contributed by atoms with Crippen molar-refractivity contribution in [1.29, 1.82) is 0 Å². The standard InChI is InChI=1S/C10H18N2O/c1-3-4-6-12-7-5-11-10(13)8-9(12)2/h3-4,9H,5-8H2,1-2H3,(H,11,13)/b4-3+. The number of hydrogen-bond acceptors (Lipinski definition) is 2. The van der Waals surface area contributed by atoms with Gasteiger partial charge in [0, 0.05) is 32.1 Å². The number of allylic oxidation sites excluding steroid dienone is 1. The van der Waals surface area contributed by atoms with E-state index < -0.39 is 0 Å². The third-order valence-corrected chi connectivity index (χ3v) is 2.40. The first-order valence-electron chi connectivity index (χ1n) is 4.86. The summed E-state index contributed by atoms with van der Waals surface area (Å²) in [6, 6.07) is 0.360. The normalized spacial score (nSPS) is 26.0. The van der Waals surface area contributed by atoms with Crippen molar-refractivity contribution in [2.45, 2.75) is 26.3 Å². The predicted molar refractivity (Wildman–Crippen MR) is 53.5 cm³/mol. The monoisotopic (exact) mass is 182 g/mol. The molecule has 1 heterocycles. The maximum Gasteiger partial charge on any atom is 0.221 e. The lowest BCUT2D eigenvalue weighted by atomic mass is 10.2. The number of amides is 1. The van der Waals surface area contributed by atoms with E-state index in [1.807, 2.05) is 13.0 Å². The van der Waals surface area contributed by atoms with Gasteiger partial charge in [-0.25, -0.2) is 0 Å². The van der Waals surface area contributed by atoms with Crippen LogP contribution in [0, 0.1) is 0 Å². The minimum Gasteiger partial charge on any atom is -0.355 e. The number of carbonyl (C=O) groups excluding carboxylic acids is 1. The van der Waals surface area contributed by atoms with E-state index >= 15 is 0 Å². The highest BCUT2D eigenvalue weighted by molar-refractivity contribution is 5.76. The minimum atomic E-state index is 0.176. The maximum atomic E-state index is 11.2. The molecule has 1 unspecified atom stereocenters. The largest absolute Gasteiger partial charge is 0.355 e. The predicted octanol–water partition coefficient (Wildman–Crippen LogP) is 0.773. The Morgan fingerprint density at radius 1 is 1.69 bits per heavy atom. The van der Waals surface area contributed by atoms with Crippen LogP contribution in [0.15, 0.2) is 12.2 Å². The van der Waals surface area contributed by atoms with Gasteiger partial charge in [-0.05, 0) is 13.8 Å². The lowest BCUT2D eigenvalue weighted by molar-refractivity contribution is -0.121. The van der Waals surface area contributed by atoms with Gasteiger partial charge in [0.25, 0.3) is 0 Å². The molecule has 1 amide bonds. The van der Waals surface area contributed by atoms with Crippen molar-refractivity contribution in [2.24, 2.45) is 0 Å². The summed E-state index contributed by atoms with van der Waals surface area (Å²) in [7, 11) is 0. The van der Waals surface area contributed by atoms with E-state index in [0.717, 1.165) is 19.6 Å². The van der Waals surface area contributed by atoms with Gasteiger partial charge in [-0.3, -0.25) is 9.69 Å². The van der Waals surface area contributed by atoms with E-state index in [9.17, 15) is 4.79 Å². The van der Waals surface area contributed by atoms with Gasteiger partial charge in [-0.15, -0.1) is 0 Å². The Balaban J connectivity index is 2.47. The summed E-state index contributed by atoms with van der Waals surface area (Å²) in [4.78, 5) is 13.5. The number of hydrogen-bond donors (Lipinski definition) is 1. The summed E-state index contributed by atoms with van der Waals surface area (Å²) in [5, 5.41) is 2.88. The van der Waals surface area contributed by atoms with Gasteiger partial charge in [0.2, 0.25) is 5.91 Å². The number of rotatable bonds is 2. The molecule has 1 rings (SSSR count). The van der Waals surface area contributed by atoms with Crippen LogP contribution in [0.25, 0.3) is 0 Å². The van der Waals surface area contributed by atoms with Gasteiger partial charge >= 0.3 is 0 Å². The van der Waals surface area contributed by atoms with Crippen LogP contribution in [0.5, 0.6) is 0 Å². The molecule has 1 aliphatic rings. The van der Waals surface area contributed by atoms with E-state index in [0.29, 0.717) is 12.5 Å². The Labute approximate surface area is 79.8 Å². The Morgan fingerprint density at radius 3 is 3.15 bits per heavy atom. The summed E-state index contributed by atoms with van der Waals surface area (Å²) < 4.78 is 0. The quantitative estimate of drug-likeness (QED) is 0.640. The molecule has 0 bridgehead atoms. The Bertz CT molecular complexity index is 201. The molecule has 3 heteroatoms. The number of carbonyl (C=O) groups is 1. The van der Waals surface area contributed by atoms with Crippen LogP contribution in [0.3, 0.4) is 0 Å². The zero-order chi connectivity index (χ0) is 9.68. The van der Waals surface area contributed by atoms with Crippen LogP contribution >= 0.6 is 0 Å². The molecule has 74 valence electrons. The molecule has 0 aromatic carbocycles. The summed E-state index contributed by atoms with van der Waals surface area (Å²) in [6.45, 7) is 6.81. The molecule has 0 aromatic rings. The zero-order valence-electron chi connectivity index (χ0n) is 8.42. The van der Waals surface area contributed by atoms with E-state index in [2.05, 4.69) is 23.2 Å². The zero-order valence-corrected chi connectivity index (χ0v) is 8.42. The van der Waals surface area contributed by atoms with Crippen LogP contribution in [0.2, 0.25) is 0 Å². The lowest BCUT2D eigenvalue weighted by Gasteiger charge is -2.23. The van der Waals surface area contributed by atoms with Crippen LogP contribution in [0.4, 0.5) is 0 Å². The van der Waals surface area contributed by atoms with Gasteiger partial charge in [0.1, 0.15) is 0 Å². The second-order valence-electron chi connectivity index (χ2n) is 3.47. The van der Waals surface area contributed by atoms with Crippen molar-refractivity contribution < 1.29 is 4.79 Å². The average molecular weight is 182 g/mol. The molecule has 1 N–H and O–H groups in total. The molecule has 0 aromatic heterocycles. The molecule has 1 fully saturated rings. The average Bonchev–Trinajstić information content (AvgIpc) is 2.24. The molecule has 1 atom stereocenters. The summed E-state index contributed by atoms with van der Waals surface area (Å²) in [6.07, 6.45) is 4.80. The van der Waals surface area contributed by atoms with Crippen molar-refractivity contribution in [3.63, 3.8) is 0 Å².